The van der Waals surface area contributed by atoms with Gasteiger partial charge in [0.25, 0.3) is 0 Å². The minimum atomic E-state index is 0.884. The fourth-order valence-corrected chi connectivity index (χ4v) is 4.43. The zero-order valence-electron chi connectivity index (χ0n) is 18.2. The molecule has 0 aliphatic carbocycles. The number of para-hydroxylation sites is 1. The van der Waals surface area contributed by atoms with Gasteiger partial charge in [0.2, 0.25) is 0 Å². The standard InChI is InChI=1S/C25H32N4O/c1-28-25-22-15-9-10-16-23(22)29(17-11-5-3-4-6-12-18-30-2)19-20-13-7-8-14-21(20)24(25)26-27-28/h7-10,13-16H,3-6,11-12,17-19H2,1-2H3. The molecular weight excluding hydrogens is 372 g/mol. The number of unbranched alkanes of at least 4 members (excludes halogenated alkanes) is 5. The quantitative estimate of drug-likeness (QED) is 0.444. The second kappa shape index (κ2) is 9.90. The fraction of sp³-hybridized carbons (Fsp3) is 0.440. The van der Waals surface area contributed by atoms with Crippen LogP contribution in [-0.2, 0) is 18.3 Å². The Bertz CT molecular complexity index is 965. The zero-order valence-corrected chi connectivity index (χ0v) is 18.2. The second-order valence-electron chi connectivity index (χ2n) is 8.12. The van der Waals surface area contributed by atoms with Crippen LogP contribution >= 0.6 is 0 Å². The predicted molar refractivity (Wildman–Crippen MR) is 123 cm³/mol. The van der Waals surface area contributed by atoms with Gasteiger partial charge in [-0.2, -0.15) is 0 Å². The topological polar surface area (TPSA) is 43.2 Å². The highest BCUT2D eigenvalue weighted by Gasteiger charge is 2.25. The number of rotatable bonds is 9. The molecule has 0 radical (unpaired) electrons. The normalized spacial score (nSPS) is 12.7. The van der Waals surface area contributed by atoms with Gasteiger partial charge < -0.3 is 9.64 Å². The molecule has 1 aliphatic rings. The van der Waals surface area contributed by atoms with E-state index in [2.05, 4.69) is 63.7 Å². The molecule has 1 aromatic heterocycles. The summed E-state index contributed by atoms with van der Waals surface area (Å²) < 4.78 is 7.05. The molecule has 3 aromatic rings. The van der Waals surface area contributed by atoms with Gasteiger partial charge in [0.05, 0.1) is 5.69 Å². The molecule has 0 fully saturated rings. The van der Waals surface area contributed by atoms with Crippen molar-refractivity contribution in [2.45, 2.75) is 45.1 Å². The van der Waals surface area contributed by atoms with Gasteiger partial charge >= 0.3 is 0 Å². The summed E-state index contributed by atoms with van der Waals surface area (Å²) in [5, 5.41) is 8.89. The minimum absolute atomic E-state index is 0.884. The highest BCUT2D eigenvalue weighted by atomic mass is 16.5. The van der Waals surface area contributed by atoms with Crippen LogP contribution in [0.4, 0.5) is 5.69 Å². The van der Waals surface area contributed by atoms with E-state index in [-0.39, 0.29) is 0 Å². The minimum Gasteiger partial charge on any atom is -0.385 e. The molecule has 1 aliphatic heterocycles. The third kappa shape index (κ3) is 4.41. The maximum atomic E-state index is 5.14. The maximum Gasteiger partial charge on any atom is 0.121 e. The van der Waals surface area contributed by atoms with E-state index in [0.29, 0.717) is 0 Å². The first kappa shape index (κ1) is 20.6. The van der Waals surface area contributed by atoms with Crippen molar-refractivity contribution in [3.8, 4) is 22.5 Å². The number of nitrogens with zero attached hydrogens (tertiary/aromatic N) is 4. The number of aryl methyl sites for hydroxylation is 1. The van der Waals surface area contributed by atoms with Gasteiger partial charge in [-0.3, -0.25) is 0 Å². The first-order valence-corrected chi connectivity index (χ1v) is 11.1. The number of ether oxygens (including phenoxy) is 1. The number of hydrogen-bond acceptors (Lipinski definition) is 4. The van der Waals surface area contributed by atoms with Gasteiger partial charge in [-0.25, -0.2) is 4.68 Å². The lowest BCUT2D eigenvalue weighted by Crippen LogP contribution is -2.26. The van der Waals surface area contributed by atoms with E-state index in [1.807, 2.05) is 11.7 Å². The van der Waals surface area contributed by atoms with E-state index in [1.165, 1.54) is 60.9 Å². The van der Waals surface area contributed by atoms with Crippen molar-refractivity contribution in [2.75, 3.05) is 25.2 Å². The summed E-state index contributed by atoms with van der Waals surface area (Å²) in [6.07, 6.45) is 7.51. The second-order valence-corrected chi connectivity index (χ2v) is 8.12. The van der Waals surface area contributed by atoms with Crippen LogP contribution < -0.4 is 4.90 Å². The number of anilines is 1. The van der Waals surface area contributed by atoms with Gasteiger partial charge in [0.15, 0.2) is 0 Å². The molecule has 30 heavy (non-hydrogen) atoms. The van der Waals surface area contributed by atoms with Crippen molar-refractivity contribution in [2.24, 2.45) is 7.05 Å². The van der Waals surface area contributed by atoms with E-state index < -0.39 is 0 Å². The SMILES string of the molecule is COCCCCCCCCN1Cc2ccccc2-c2nnn(C)c2-c2ccccc21. The van der Waals surface area contributed by atoms with Crippen LogP contribution in [0.5, 0.6) is 0 Å². The van der Waals surface area contributed by atoms with Gasteiger partial charge in [-0.1, -0.05) is 73.4 Å². The van der Waals surface area contributed by atoms with E-state index in [9.17, 15) is 0 Å². The number of fused-ring (bicyclic) bond motifs is 5. The lowest BCUT2D eigenvalue weighted by molar-refractivity contribution is 0.192. The van der Waals surface area contributed by atoms with Crippen molar-refractivity contribution in [1.82, 2.24) is 15.0 Å². The molecule has 0 saturated carbocycles. The lowest BCUT2D eigenvalue weighted by atomic mass is 9.95. The third-order valence-electron chi connectivity index (χ3n) is 5.99. The Labute approximate surface area is 179 Å². The Hall–Kier alpha value is -2.66. The Morgan fingerprint density at radius 1 is 0.867 bits per heavy atom. The van der Waals surface area contributed by atoms with Crippen molar-refractivity contribution in [3.05, 3.63) is 54.1 Å². The first-order chi connectivity index (χ1) is 14.8. The van der Waals surface area contributed by atoms with Crippen molar-refractivity contribution in [1.29, 1.82) is 0 Å². The van der Waals surface area contributed by atoms with Crippen LogP contribution in [0.25, 0.3) is 22.5 Å². The molecule has 2 heterocycles. The summed E-state index contributed by atoms with van der Waals surface area (Å²) in [6.45, 7) is 2.84. The molecule has 0 atom stereocenters. The molecule has 0 spiro atoms. The number of methoxy groups -OCH3 is 1. The summed E-state index contributed by atoms with van der Waals surface area (Å²) in [5.74, 6) is 0. The van der Waals surface area contributed by atoms with E-state index in [1.54, 1.807) is 7.11 Å². The Morgan fingerprint density at radius 2 is 1.57 bits per heavy atom. The predicted octanol–water partition coefficient (Wildman–Crippen LogP) is 5.46. The molecule has 5 nitrogen and oxygen atoms in total. The molecule has 158 valence electrons. The Balaban J connectivity index is 1.55. The van der Waals surface area contributed by atoms with Crippen LogP contribution in [-0.4, -0.2) is 35.3 Å². The van der Waals surface area contributed by atoms with Gasteiger partial charge in [-0.15, -0.1) is 5.10 Å². The van der Waals surface area contributed by atoms with Crippen molar-refractivity contribution < 1.29 is 4.74 Å². The molecule has 0 unspecified atom stereocenters. The molecule has 0 saturated heterocycles. The average Bonchev–Trinajstić information content (AvgIpc) is 3.14. The van der Waals surface area contributed by atoms with Crippen LogP contribution in [0.2, 0.25) is 0 Å². The Kier molecular flexibility index (Phi) is 6.80. The number of hydrogen-bond donors (Lipinski definition) is 0. The van der Waals surface area contributed by atoms with Crippen LogP contribution in [0.3, 0.4) is 0 Å². The average molecular weight is 405 g/mol. The number of aromatic nitrogens is 3. The summed E-state index contributed by atoms with van der Waals surface area (Å²) >= 11 is 0. The summed E-state index contributed by atoms with van der Waals surface area (Å²) in [4.78, 5) is 2.54. The molecule has 0 bridgehead atoms. The van der Waals surface area contributed by atoms with Crippen molar-refractivity contribution in [3.63, 3.8) is 0 Å². The molecular formula is C25H32N4O. The molecule has 0 amide bonds. The zero-order chi connectivity index (χ0) is 20.8. The van der Waals surface area contributed by atoms with Gasteiger partial charge in [0.1, 0.15) is 5.69 Å². The Morgan fingerprint density at radius 3 is 2.40 bits per heavy atom. The van der Waals surface area contributed by atoms with E-state index in [0.717, 1.165) is 31.1 Å². The smallest absolute Gasteiger partial charge is 0.121 e. The third-order valence-corrected chi connectivity index (χ3v) is 5.99. The summed E-state index contributed by atoms with van der Waals surface area (Å²) in [5.41, 5.74) is 7.08. The molecule has 2 aromatic carbocycles. The molecule has 4 rings (SSSR count). The largest absolute Gasteiger partial charge is 0.385 e. The molecule has 0 N–H and O–H groups in total. The lowest BCUT2D eigenvalue weighted by Gasteiger charge is -2.30. The summed E-state index contributed by atoms with van der Waals surface area (Å²) in [6, 6.07) is 17.3. The molecule has 5 heteroatoms. The van der Waals surface area contributed by atoms with E-state index >= 15 is 0 Å². The van der Waals surface area contributed by atoms with Crippen molar-refractivity contribution >= 4 is 5.69 Å². The van der Waals surface area contributed by atoms with Crippen LogP contribution in [0, 0.1) is 0 Å². The van der Waals surface area contributed by atoms with Crippen LogP contribution in [0.1, 0.15) is 44.1 Å². The van der Waals surface area contributed by atoms with Gasteiger partial charge in [0, 0.05) is 50.7 Å². The monoisotopic (exact) mass is 404 g/mol. The summed E-state index contributed by atoms with van der Waals surface area (Å²) in [7, 11) is 3.77. The van der Waals surface area contributed by atoms with Gasteiger partial charge in [-0.05, 0) is 24.5 Å². The van der Waals surface area contributed by atoms with E-state index in [4.69, 9.17) is 4.74 Å². The first-order valence-electron chi connectivity index (χ1n) is 11.1. The fourth-order valence-electron chi connectivity index (χ4n) is 4.43. The van der Waals surface area contributed by atoms with Crippen LogP contribution in [0.15, 0.2) is 48.5 Å². The number of benzene rings is 2. The maximum absolute atomic E-state index is 5.14. The highest BCUT2D eigenvalue weighted by molar-refractivity contribution is 5.88. The highest BCUT2D eigenvalue weighted by Crippen LogP contribution is 2.40.